The number of rotatable bonds is 3. The van der Waals surface area contributed by atoms with E-state index in [9.17, 15) is 18.9 Å². The number of nitrogens with zero attached hydrogens (tertiary/aromatic N) is 1. The average molecular weight is 270 g/mol. The van der Waals surface area contributed by atoms with Crippen molar-refractivity contribution in [3.8, 4) is 0 Å². The lowest BCUT2D eigenvalue weighted by atomic mass is 9.92. The molecule has 1 N–H and O–H groups in total. The number of nitro groups is 1. The fourth-order valence-electron chi connectivity index (χ4n) is 2.64. The second-order valence-electron chi connectivity index (χ2n) is 5.79. The topological polar surface area (TPSA) is 55.2 Å². The molecule has 0 aromatic heterocycles. The predicted molar refractivity (Wildman–Crippen MR) is 68.1 cm³/mol. The van der Waals surface area contributed by atoms with Gasteiger partial charge in [0.05, 0.1) is 4.92 Å². The van der Waals surface area contributed by atoms with Crippen molar-refractivity contribution in [1.29, 1.82) is 0 Å². The van der Waals surface area contributed by atoms with Crippen molar-refractivity contribution < 1.29 is 13.7 Å². The Balaban J connectivity index is 2.27. The maximum absolute atomic E-state index is 13.5. The molecule has 1 fully saturated rings. The summed E-state index contributed by atoms with van der Waals surface area (Å²) in [6.07, 6.45) is 2.64. The minimum atomic E-state index is -1.15. The lowest BCUT2D eigenvalue weighted by Crippen LogP contribution is -2.18. The molecule has 2 rings (SSSR count). The van der Waals surface area contributed by atoms with Crippen LogP contribution in [0.25, 0.3) is 0 Å². The van der Waals surface area contributed by atoms with Crippen LogP contribution >= 0.6 is 0 Å². The fourth-order valence-corrected chi connectivity index (χ4v) is 2.64. The molecule has 0 amide bonds. The molecule has 0 heterocycles. The average Bonchev–Trinajstić information content (AvgIpc) is 2.56. The van der Waals surface area contributed by atoms with E-state index in [1.165, 1.54) is 0 Å². The summed E-state index contributed by atoms with van der Waals surface area (Å²) in [7, 11) is 0. The van der Waals surface area contributed by atoms with Crippen molar-refractivity contribution in [2.75, 3.05) is 5.32 Å². The van der Waals surface area contributed by atoms with Crippen molar-refractivity contribution in [1.82, 2.24) is 0 Å². The minimum Gasteiger partial charge on any atom is -0.377 e. The molecule has 104 valence electrons. The van der Waals surface area contributed by atoms with E-state index < -0.39 is 22.2 Å². The SMILES string of the molecule is CC1(C)CCC(Nc2cc(F)cc(F)c2[N+](=O)[O-])C1. The Morgan fingerprint density at radius 2 is 2.11 bits per heavy atom. The lowest BCUT2D eigenvalue weighted by molar-refractivity contribution is -0.386. The van der Waals surface area contributed by atoms with Gasteiger partial charge in [-0.3, -0.25) is 10.1 Å². The standard InChI is InChI=1S/C13H16F2N2O2/c1-13(2)4-3-9(7-13)16-11-6-8(14)5-10(15)12(11)17(18)19/h5-6,9,16H,3-4,7H2,1-2H3. The summed E-state index contributed by atoms with van der Waals surface area (Å²) >= 11 is 0. The summed E-state index contributed by atoms with van der Waals surface area (Å²) in [5.41, 5.74) is -0.616. The number of nitrogens with one attached hydrogen (secondary N) is 1. The molecule has 0 aliphatic heterocycles. The van der Waals surface area contributed by atoms with Crippen LogP contribution < -0.4 is 5.32 Å². The highest BCUT2D eigenvalue weighted by Crippen LogP contribution is 2.39. The summed E-state index contributed by atoms with van der Waals surface area (Å²) in [4.78, 5) is 10.0. The zero-order valence-electron chi connectivity index (χ0n) is 10.9. The minimum absolute atomic E-state index is 0.00917. The van der Waals surface area contributed by atoms with Gasteiger partial charge in [0.2, 0.25) is 5.82 Å². The molecule has 6 heteroatoms. The summed E-state index contributed by atoms with van der Waals surface area (Å²) < 4.78 is 26.7. The third-order valence-electron chi connectivity index (χ3n) is 3.54. The van der Waals surface area contributed by atoms with Gasteiger partial charge in [0.25, 0.3) is 0 Å². The van der Waals surface area contributed by atoms with Gasteiger partial charge in [-0.1, -0.05) is 13.8 Å². The van der Waals surface area contributed by atoms with Crippen LogP contribution in [0, 0.1) is 27.2 Å². The van der Waals surface area contributed by atoms with E-state index in [1.54, 1.807) is 0 Å². The molecule has 1 aliphatic carbocycles. The second-order valence-corrected chi connectivity index (χ2v) is 5.79. The third-order valence-corrected chi connectivity index (χ3v) is 3.54. The first-order chi connectivity index (χ1) is 8.78. The molecule has 1 aliphatic rings. The largest absolute Gasteiger partial charge is 0.377 e. The molecule has 4 nitrogen and oxygen atoms in total. The van der Waals surface area contributed by atoms with Crippen LogP contribution in [0.5, 0.6) is 0 Å². The fraction of sp³-hybridized carbons (Fsp3) is 0.538. The van der Waals surface area contributed by atoms with E-state index in [0.717, 1.165) is 25.3 Å². The van der Waals surface area contributed by atoms with Gasteiger partial charge in [0.1, 0.15) is 11.5 Å². The molecular weight excluding hydrogens is 254 g/mol. The molecule has 0 spiro atoms. The van der Waals surface area contributed by atoms with E-state index in [4.69, 9.17) is 0 Å². The molecule has 1 unspecified atom stereocenters. The quantitative estimate of drug-likeness (QED) is 0.670. The van der Waals surface area contributed by atoms with Crippen molar-refractivity contribution >= 4 is 11.4 Å². The van der Waals surface area contributed by atoms with Crippen molar-refractivity contribution in [3.63, 3.8) is 0 Å². The molecule has 1 saturated carbocycles. The van der Waals surface area contributed by atoms with Gasteiger partial charge in [-0.25, -0.2) is 4.39 Å². The molecular formula is C13H16F2N2O2. The highest BCUT2D eigenvalue weighted by molar-refractivity contribution is 5.62. The number of hydrogen-bond acceptors (Lipinski definition) is 3. The van der Waals surface area contributed by atoms with Gasteiger partial charge in [-0.05, 0) is 24.7 Å². The Morgan fingerprint density at radius 1 is 1.42 bits per heavy atom. The normalized spacial score (nSPS) is 21.4. The maximum atomic E-state index is 13.5. The van der Waals surface area contributed by atoms with Crippen LogP contribution in [0.2, 0.25) is 0 Å². The summed E-state index contributed by atoms with van der Waals surface area (Å²) in [5, 5.41) is 13.8. The van der Waals surface area contributed by atoms with Crippen LogP contribution in [-0.4, -0.2) is 11.0 Å². The van der Waals surface area contributed by atoms with Crippen LogP contribution in [0.3, 0.4) is 0 Å². The monoisotopic (exact) mass is 270 g/mol. The van der Waals surface area contributed by atoms with Gasteiger partial charge >= 0.3 is 5.69 Å². The second kappa shape index (κ2) is 4.75. The van der Waals surface area contributed by atoms with E-state index in [-0.39, 0.29) is 17.1 Å². The van der Waals surface area contributed by atoms with E-state index >= 15 is 0 Å². The van der Waals surface area contributed by atoms with Gasteiger partial charge in [-0.2, -0.15) is 4.39 Å². The number of nitro benzene ring substituents is 1. The predicted octanol–water partition coefficient (Wildman–Crippen LogP) is 3.86. The van der Waals surface area contributed by atoms with Crippen molar-refractivity contribution in [2.24, 2.45) is 5.41 Å². The summed E-state index contributed by atoms with van der Waals surface area (Å²) in [6.45, 7) is 4.21. The van der Waals surface area contributed by atoms with Gasteiger partial charge in [0.15, 0.2) is 0 Å². The summed E-state index contributed by atoms with van der Waals surface area (Å²) in [5.74, 6) is -1.97. The van der Waals surface area contributed by atoms with Gasteiger partial charge in [0, 0.05) is 18.2 Å². The number of anilines is 1. The zero-order valence-corrected chi connectivity index (χ0v) is 10.9. The molecule has 0 radical (unpaired) electrons. The van der Waals surface area contributed by atoms with Crippen molar-refractivity contribution in [3.05, 3.63) is 33.9 Å². The van der Waals surface area contributed by atoms with Crippen LogP contribution in [0.15, 0.2) is 12.1 Å². The maximum Gasteiger partial charge on any atom is 0.327 e. The van der Waals surface area contributed by atoms with E-state index in [1.807, 2.05) is 0 Å². The number of hydrogen-bond donors (Lipinski definition) is 1. The Hall–Kier alpha value is -1.72. The Bertz CT molecular complexity index is 518. The third kappa shape index (κ3) is 3.00. The van der Waals surface area contributed by atoms with E-state index in [2.05, 4.69) is 19.2 Å². The number of benzene rings is 1. The summed E-state index contributed by atoms with van der Waals surface area (Å²) in [6, 6.07) is 1.52. The number of halogens is 2. The highest BCUT2D eigenvalue weighted by atomic mass is 19.1. The van der Waals surface area contributed by atoms with Crippen molar-refractivity contribution in [2.45, 2.75) is 39.2 Å². The zero-order chi connectivity index (χ0) is 14.2. The van der Waals surface area contributed by atoms with Crippen LogP contribution in [-0.2, 0) is 0 Å². The molecule has 1 atom stereocenters. The molecule has 1 aromatic carbocycles. The Labute approximate surface area is 110 Å². The van der Waals surface area contributed by atoms with E-state index in [0.29, 0.717) is 6.07 Å². The van der Waals surface area contributed by atoms with Crippen LogP contribution in [0.4, 0.5) is 20.2 Å². The molecule has 0 saturated heterocycles. The first-order valence-electron chi connectivity index (χ1n) is 6.18. The lowest BCUT2D eigenvalue weighted by Gasteiger charge is -2.18. The van der Waals surface area contributed by atoms with Gasteiger partial charge in [-0.15, -0.1) is 0 Å². The highest BCUT2D eigenvalue weighted by Gasteiger charge is 2.32. The van der Waals surface area contributed by atoms with Crippen LogP contribution in [0.1, 0.15) is 33.1 Å². The molecule has 1 aromatic rings. The Morgan fingerprint density at radius 3 is 2.63 bits per heavy atom. The Kier molecular flexibility index (Phi) is 3.43. The smallest absolute Gasteiger partial charge is 0.327 e. The molecule has 0 bridgehead atoms. The molecule has 19 heavy (non-hydrogen) atoms. The first kappa shape index (κ1) is 13.7. The first-order valence-corrected chi connectivity index (χ1v) is 6.18. The van der Waals surface area contributed by atoms with Gasteiger partial charge < -0.3 is 5.32 Å².